The Morgan fingerprint density at radius 1 is 1.20 bits per heavy atom. The topological polar surface area (TPSA) is 50.2 Å². The Kier molecular flexibility index (Phi) is 6.19. The van der Waals surface area contributed by atoms with E-state index in [2.05, 4.69) is 36.2 Å². The van der Waals surface area contributed by atoms with Gasteiger partial charge in [0.15, 0.2) is 0 Å². The number of fused-ring (bicyclic) bond motifs is 1. The lowest BCUT2D eigenvalue weighted by molar-refractivity contribution is -0.121. The molecule has 0 bridgehead atoms. The Morgan fingerprint density at radius 3 is 2.72 bits per heavy atom. The van der Waals surface area contributed by atoms with Gasteiger partial charge in [-0.05, 0) is 67.6 Å². The van der Waals surface area contributed by atoms with Crippen LogP contribution in [0.1, 0.15) is 63.4 Å². The minimum Gasteiger partial charge on any atom is -0.396 e. The Bertz CT molecular complexity index is 699. The molecule has 1 aliphatic rings. The van der Waals surface area contributed by atoms with Gasteiger partial charge in [0, 0.05) is 31.0 Å². The zero-order valence-corrected chi connectivity index (χ0v) is 15.2. The SMILES string of the molecule is CC(CCO)CC(=O)CC1CCC(c2ccnc3ccccc23)CC1. The monoisotopic (exact) mass is 339 g/mol. The van der Waals surface area contributed by atoms with Gasteiger partial charge in [-0.2, -0.15) is 0 Å². The fourth-order valence-electron chi connectivity index (χ4n) is 4.27. The first-order valence-corrected chi connectivity index (χ1v) is 9.63. The molecule has 3 nitrogen and oxygen atoms in total. The van der Waals surface area contributed by atoms with Crippen molar-refractivity contribution in [2.45, 2.75) is 57.8 Å². The second-order valence-electron chi connectivity index (χ2n) is 7.70. The fourth-order valence-corrected chi connectivity index (χ4v) is 4.27. The standard InChI is InChI=1S/C22H29NO2/c1-16(11-13-24)14-19(25)15-17-6-8-18(9-7-17)20-10-12-23-22-5-3-2-4-21(20)22/h2-5,10,12,16-18,24H,6-9,11,13-15H2,1H3. The van der Waals surface area contributed by atoms with E-state index in [4.69, 9.17) is 5.11 Å². The normalized spacial score (nSPS) is 22.0. The summed E-state index contributed by atoms with van der Waals surface area (Å²) in [6, 6.07) is 10.6. The molecule has 1 N–H and O–H groups in total. The second-order valence-corrected chi connectivity index (χ2v) is 7.70. The fraction of sp³-hybridized carbons (Fsp3) is 0.545. The van der Waals surface area contributed by atoms with Crippen LogP contribution in [0.4, 0.5) is 0 Å². The number of para-hydroxylation sites is 1. The van der Waals surface area contributed by atoms with E-state index >= 15 is 0 Å². The van der Waals surface area contributed by atoms with Gasteiger partial charge in [0.1, 0.15) is 5.78 Å². The Hall–Kier alpha value is -1.74. The van der Waals surface area contributed by atoms with Gasteiger partial charge in [-0.15, -0.1) is 0 Å². The van der Waals surface area contributed by atoms with Gasteiger partial charge >= 0.3 is 0 Å². The third-order valence-electron chi connectivity index (χ3n) is 5.68. The van der Waals surface area contributed by atoms with Crippen LogP contribution in [0.2, 0.25) is 0 Å². The third-order valence-corrected chi connectivity index (χ3v) is 5.68. The Balaban J connectivity index is 1.56. The number of aliphatic hydroxyl groups is 1. The predicted octanol–water partition coefficient (Wildman–Crippen LogP) is 4.88. The first-order valence-electron chi connectivity index (χ1n) is 9.63. The summed E-state index contributed by atoms with van der Waals surface area (Å²) < 4.78 is 0. The van der Waals surface area contributed by atoms with Crippen molar-refractivity contribution in [3.63, 3.8) is 0 Å². The van der Waals surface area contributed by atoms with E-state index < -0.39 is 0 Å². The molecule has 1 heterocycles. The third kappa shape index (κ3) is 4.66. The molecular formula is C22H29NO2. The van der Waals surface area contributed by atoms with E-state index in [1.807, 2.05) is 12.3 Å². The summed E-state index contributed by atoms with van der Waals surface area (Å²) >= 11 is 0. The molecule has 1 aliphatic carbocycles. The summed E-state index contributed by atoms with van der Waals surface area (Å²) in [5.41, 5.74) is 2.50. The molecule has 25 heavy (non-hydrogen) atoms. The number of carbonyl (C=O) groups excluding carboxylic acids is 1. The van der Waals surface area contributed by atoms with Crippen LogP contribution in [0.15, 0.2) is 36.5 Å². The maximum absolute atomic E-state index is 12.2. The highest BCUT2D eigenvalue weighted by Gasteiger charge is 2.25. The number of ketones is 1. The van der Waals surface area contributed by atoms with Crippen LogP contribution in [-0.4, -0.2) is 22.5 Å². The highest BCUT2D eigenvalue weighted by atomic mass is 16.3. The molecule has 0 radical (unpaired) electrons. The molecule has 1 aromatic heterocycles. The lowest BCUT2D eigenvalue weighted by atomic mass is 9.76. The van der Waals surface area contributed by atoms with Crippen LogP contribution >= 0.6 is 0 Å². The summed E-state index contributed by atoms with van der Waals surface area (Å²) in [4.78, 5) is 16.7. The summed E-state index contributed by atoms with van der Waals surface area (Å²) in [7, 11) is 0. The Labute approximate surface area is 150 Å². The van der Waals surface area contributed by atoms with Gasteiger partial charge < -0.3 is 5.11 Å². The van der Waals surface area contributed by atoms with Crippen LogP contribution in [0, 0.1) is 11.8 Å². The molecule has 1 fully saturated rings. The minimum atomic E-state index is 0.180. The highest BCUT2D eigenvalue weighted by Crippen LogP contribution is 2.39. The van der Waals surface area contributed by atoms with Gasteiger partial charge in [-0.1, -0.05) is 25.1 Å². The number of pyridine rings is 1. The molecule has 1 unspecified atom stereocenters. The first kappa shape index (κ1) is 18.1. The maximum atomic E-state index is 12.2. The van der Waals surface area contributed by atoms with Crippen molar-refractivity contribution < 1.29 is 9.90 Å². The summed E-state index contributed by atoms with van der Waals surface area (Å²) in [6.45, 7) is 2.24. The van der Waals surface area contributed by atoms with Crippen molar-refractivity contribution in [1.29, 1.82) is 0 Å². The first-order chi connectivity index (χ1) is 12.2. The molecule has 3 heteroatoms. The molecule has 0 aliphatic heterocycles. The second kappa shape index (κ2) is 8.57. The number of hydrogen-bond acceptors (Lipinski definition) is 3. The average molecular weight is 339 g/mol. The van der Waals surface area contributed by atoms with Crippen molar-refractivity contribution in [3.8, 4) is 0 Å². The molecule has 0 amide bonds. The quantitative estimate of drug-likeness (QED) is 0.782. The predicted molar refractivity (Wildman–Crippen MR) is 102 cm³/mol. The minimum absolute atomic E-state index is 0.180. The molecule has 2 aromatic rings. The van der Waals surface area contributed by atoms with E-state index in [1.165, 1.54) is 10.9 Å². The van der Waals surface area contributed by atoms with Crippen molar-refractivity contribution in [1.82, 2.24) is 4.98 Å². The number of nitrogens with zero attached hydrogens (tertiary/aromatic N) is 1. The average Bonchev–Trinajstić information content (AvgIpc) is 2.62. The Morgan fingerprint density at radius 2 is 1.96 bits per heavy atom. The summed E-state index contributed by atoms with van der Waals surface area (Å²) in [5.74, 6) is 1.81. The van der Waals surface area contributed by atoms with E-state index in [9.17, 15) is 4.79 Å². The molecule has 1 saturated carbocycles. The number of hydrogen-bond donors (Lipinski definition) is 1. The number of Topliss-reactive ketones (excluding diaryl/α,β-unsaturated/α-hetero) is 1. The van der Waals surface area contributed by atoms with E-state index in [0.717, 1.165) is 44.0 Å². The highest BCUT2D eigenvalue weighted by molar-refractivity contribution is 5.82. The lowest BCUT2D eigenvalue weighted by Crippen LogP contribution is -2.18. The van der Waals surface area contributed by atoms with Crippen LogP contribution in [0.5, 0.6) is 0 Å². The van der Waals surface area contributed by atoms with Gasteiger partial charge in [0.2, 0.25) is 0 Å². The van der Waals surface area contributed by atoms with Gasteiger partial charge in [0.25, 0.3) is 0 Å². The van der Waals surface area contributed by atoms with Crippen molar-refractivity contribution >= 4 is 16.7 Å². The van der Waals surface area contributed by atoms with E-state index in [1.54, 1.807) is 0 Å². The number of carbonyl (C=O) groups is 1. The number of rotatable bonds is 7. The smallest absolute Gasteiger partial charge is 0.133 e. The zero-order chi connectivity index (χ0) is 17.6. The van der Waals surface area contributed by atoms with Gasteiger partial charge in [-0.25, -0.2) is 0 Å². The summed E-state index contributed by atoms with van der Waals surface area (Å²) in [5, 5.41) is 10.2. The van der Waals surface area contributed by atoms with Crippen LogP contribution in [-0.2, 0) is 4.79 Å². The lowest BCUT2D eigenvalue weighted by Gasteiger charge is -2.29. The maximum Gasteiger partial charge on any atom is 0.133 e. The van der Waals surface area contributed by atoms with Crippen LogP contribution < -0.4 is 0 Å². The molecular weight excluding hydrogens is 310 g/mol. The van der Waals surface area contributed by atoms with Crippen LogP contribution in [0.25, 0.3) is 10.9 Å². The number of aromatic nitrogens is 1. The van der Waals surface area contributed by atoms with Crippen molar-refractivity contribution in [2.75, 3.05) is 6.61 Å². The van der Waals surface area contributed by atoms with Crippen molar-refractivity contribution in [2.24, 2.45) is 11.8 Å². The van der Waals surface area contributed by atoms with E-state index in [0.29, 0.717) is 30.0 Å². The molecule has 0 saturated heterocycles. The largest absolute Gasteiger partial charge is 0.396 e. The molecule has 3 rings (SSSR count). The molecule has 1 aromatic carbocycles. The number of aliphatic hydroxyl groups excluding tert-OH is 1. The summed E-state index contributed by atoms with van der Waals surface area (Å²) in [6.07, 6.45) is 8.61. The molecule has 134 valence electrons. The van der Waals surface area contributed by atoms with Gasteiger partial charge in [-0.3, -0.25) is 9.78 Å². The molecule has 0 spiro atoms. The zero-order valence-electron chi connectivity index (χ0n) is 15.2. The van der Waals surface area contributed by atoms with Gasteiger partial charge in [0.05, 0.1) is 5.52 Å². The molecule has 1 atom stereocenters. The van der Waals surface area contributed by atoms with Crippen molar-refractivity contribution in [3.05, 3.63) is 42.1 Å². The number of benzene rings is 1. The van der Waals surface area contributed by atoms with E-state index in [-0.39, 0.29) is 6.61 Å². The van der Waals surface area contributed by atoms with Crippen LogP contribution in [0.3, 0.4) is 0 Å².